The molecule has 3 rings (SSSR count). The lowest BCUT2D eigenvalue weighted by molar-refractivity contribution is 0.301. The van der Waals surface area contributed by atoms with Crippen LogP contribution in [-0.2, 0) is 6.54 Å². The first-order valence-electron chi connectivity index (χ1n) is 6.81. The molecular weight excluding hydrogens is 338 g/mol. The topological polar surface area (TPSA) is 45.5 Å². The van der Waals surface area contributed by atoms with Crippen molar-refractivity contribution in [1.82, 2.24) is 24.6 Å². The Hall–Kier alpha value is -0.630. The highest BCUT2D eigenvalue weighted by Crippen LogP contribution is 2.11. The van der Waals surface area contributed by atoms with Gasteiger partial charge in [0.1, 0.15) is 4.60 Å². The van der Waals surface area contributed by atoms with Crippen molar-refractivity contribution in [1.29, 1.82) is 0 Å². The molecule has 0 aliphatic carbocycles. The van der Waals surface area contributed by atoms with Crippen LogP contribution in [0.4, 0.5) is 0 Å². The second-order valence-corrected chi connectivity index (χ2v) is 6.86. The van der Waals surface area contributed by atoms with Crippen molar-refractivity contribution in [2.45, 2.75) is 6.54 Å². The number of hydrogen-bond donors (Lipinski definition) is 1. The van der Waals surface area contributed by atoms with Crippen LogP contribution in [0.5, 0.6) is 0 Å². The number of halogens is 1. The fourth-order valence-corrected chi connectivity index (χ4v) is 3.61. The van der Waals surface area contributed by atoms with Crippen LogP contribution in [0.15, 0.2) is 23.2 Å². The summed E-state index contributed by atoms with van der Waals surface area (Å²) in [5.41, 5.74) is 2.05. The van der Waals surface area contributed by atoms with Gasteiger partial charge >= 0.3 is 0 Å². The van der Waals surface area contributed by atoms with Crippen molar-refractivity contribution in [2.75, 3.05) is 37.7 Å². The smallest absolute Gasteiger partial charge is 0.155 e. The minimum Gasteiger partial charge on any atom is -0.310 e. The van der Waals surface area contributed by atoms with E-state index in [1.54, 1.807) is 6.20 Å². The number of fused-ring (bicyclic) bond motifs is 1. The van der Waals surface area contributed by atoms with Gasteiger partial charge in [-0.2, -0.15) is 11.8 Å². The highest BCUT2D eigenvalue weighted by molar-refractivity contribution is 9.10. The molecule has 2 aromatic rings. The number of thioether (sulfide) groups is 1. The third kappa shape index (κ3) is 3.52. The van der Waals surface area contributed by atoms with E-state index >= 15 is 0 Å². The Morgan fingerprint density at radius 3 is 2.95 bits per heavy atom. The first-order chi connectivity index (χ1) is 9.83. The molecule has 1 N–H and O–H groups in total. The molecular formula is C13H18BrN5S. The summed E-state index contributed by atoms with van der Waals surface area (Å²) in [6.45, 7) is 5.42. The highest BCUT2D eigenvalue weighted by Gasteiger charge is 2.09. The molecule has 1 fully saturated rings. The van der Waals surface area contributed by atoms with Gasteiger partial charge in [0.05, 0.1) is 18.1 Å². The average molecular weight is 356 g/mol. The Morgan fingerprint density at radius 2 is 2.10 bits per heavy atom. The standard InChI is InChI=1S/C13H18BrN5S/c14-12-10-19-11(8-17-13(19)9-16-12)7-15-1-2-18-3-5-20-6-4-18/h8-10,15H,1-7H2. The first-order valence-corrected chi connectivity index (χ1v) is 8.76. The highest BCUT2D eigenvalue weighted by atomic mass is 79.9. The van der Waals surface area contributed by atoms with E-state index in [1.165, 1.54) is 24.6 Å². The zero-order valence-corrected chi connectivity index (χ0v) is 13.7. The summed E-state index contributed by atoms with van der Waals surface area (Å²) in [5, 5.41) is 3.50. The second-order valence-electron chi connectivity index (χ2n) is 4.82. The summed E-state index contributed by atoms with van der Waals surface area (Å²) in [6, 6.07) is 0. The van der Waals surface area contributed by atoms with Crippen molar-refractivity contribution in [3.8, 4) is 0 Å². The molecule has 0 aromatic carbocycles. The van der Waals surface area contributed by atoms with Gasteiger partial charge in [-0.1, -0.05) is 0 Å². The lowest BCUT2D eigenvalue weighted by Crippen LogP contribution is -2.37. The van der Waals surface area contributed by atoms with Gasteiger partial charge in [0.25, 0.3) is 0 Å². The van der Waals surface area contributed by atoms with Crippen molar-refractivity contribution in [3.63, 3.8) is 0 Å². The molecule has 7 heteroatoms. The summed E-state index contributed by atoms with van der Waals surface area (Å²) in [6.07, 6.45) is 5.65. The van der Waals surface area contributed by atoms with E-state index in [2.05, 4.69) is 52.3 Å². The minimum atomic E-state index is 0.829. The normalized spacial score (nSPS) is 16.9. The number of imidazole rings is 1. The summed E-state index contributed by atoms with van der Waals surface area (Å²) >= 11 is 5.45. The number of rotatable bonds is 5. The van der Waals surface area contributed by atoms with Crippen LogP contribution < -0.4 is 5.32 Å². The molecule has 20 heavy (non-hydrogen) atoms. The van der Waals surface area contributed by atoms with Crippen molar-refractivity contribution >= 4 is 33.3 Å². The third-order valence-corrected chi connectivity index (χ3v) is 4.81. The average Bonchev–Trinajstić information content (AvgIpc) is 2.87. The molecule has 1 saturated heterocycles. The Bertz CT molecular complexity index is 567. The molecule has 0 unspecified atom stereocenters. The predicted octanol–water partition coefficient (Wildman–Crippen LogP) is 1.63. The largest absolute Gasteiger partial charge is 0.310 e. The van der Waals surface area contributed by atoms with E-state index in [0.717, 1.165) is 35.6 Å². The van der Waals surface area contributed by atoms with Crippen LogP contribution in [0.1, 0.15) is 5.69 Å². The van der Waals surface area contributed by atoms with Gasteiger partial charge < -0.3 is 10.2 Å². The van der Waals surface area contributed by atoms with Crippen molar-refractivity contribution in [2.24, 2.45) is 0 Å². The molecule has 5 nitrogen and oxygen atoms in total. The molecule has 0 saturated carbocycles. The Labute approximate surface area is 131 Å². The number of nitrogens with one attached hydrogen (secondary N) is 1. The summed E-state index contributed by atoms with van der Waals surface area (Å²) in [5.74, 6) is 2.54. The maximum Gasteiger partial charge on any atom is 0.155 e. The fourth-order valence-electron chi connectivity index (χ4n) is 2.33. The van der Waals surface area contributed by atoms with Gasteiger partial charge in [-0.15, -0.1) is 0 Å². The molecule has 3 heterocycles. The molecule has 0 radical (unpaired) electrons. The third-order valence-electron chi connectivity index (χ3n) is 3.46. The Kier molecular flexibility index (Phi) is 4.93. The zero-order chi connectivity index (χ0) is 13.8. The van der Waals surface area contributed by atoms with Crippen molar-refractivity contribution < 1.29 is 0 Å². The molecule has 108 valence electrons. The van der Waals surface area contributed by atoms with Gasteiger partial charge in [-0.25, -0.2) is 9.97 Å². The van der Waals surface area contributed by atoms with Gasteiger partial charge in [-0.3, -0.25) is 4.40 Å². The van der Waals surface area contributed by atoms with Gasteiger partial charge in [0.15, 0.2) is 5.65 Å². The van der Waals surface area contributed by atoms with E-state index in [4.69, 9.17) is 0 Å². The summed E-state index contributed by atoms with van der Waals surface area (Å²) in [4.78, 5) is 11.1. The number of hydrogen-bond acceptors (Lipinski definition) is 5. The monoisotopic (exact) mass is 355 g/mol. The lowest BCUT2D eigenvalue weighted by Gasteiger charge is -2.26. The molecule has 0 bridgehead atoms. The van der Waals surface area contributed by atoms with Gasteiger partial charge in [-0.05, 0) is 15.9 Å². The van der Waals surface area contributed by atoms with Crippen LogP contribution in [-0.4, -0.2) is 57.0 Å². The molecule has 1 aliphatic heterocycles. The summed E-state index contributed by atoms with van der Waals surface area (Å²) < 4.78 is 2.90. The maximum atomic E-state index is 4.35. The first kappa shape index (κ1) is 14.3. The number of aromatic nitrogens is 3. The summed E-state index contributed by atoms with van der Waals surface area (Å²) in [7, 11) is 0. The van der Waals surface area contributed by atoms with Crippen LogP contribution >= 0.6 is 27.7 Å². The molecule has 0 atom stereocenters. The van der Waals surface area contributed by atoms with Gasteiger partial charge in [0, 0.05) is 50.4 Å². The zero-order valence-electron chi connectivity index (χ0n) is 11.3. The minimum absolute atomic E-state index is 0.829. The van der Waals surface area contributed by atoms with E-state index < -0.39 is 0 Å². The Morgan fingerprint density at radius 1 is 1.25 bits per heavy atom. The van der Waals surface area contributed by atoms with Crippen LogP contribution in [0.25, 0.3) is 5.65 Å². The molecule has 0 spiro atoms. The van der Waals surface area contributed by atoms with Crippen molar-refractivity contribution in [3.05, 3.63) is 28.9 Å². The van der Waals surface area contributed by atoms with Gasteiger partial charge in [0.2, 0.25) is 0 Å². The predicted molar refractivity (Wildman–Crippen MR) is 86.2 cm³/mol. The molecule has 0 amide bonds. The van der Waals surface area contributed by atoms with Crippen LogP contribution in [0.2, 0.25) is 0 Å². The maximum absolute atomic E-state index is 4.35. The van der Waals surface area contributed by atoms with E-state index in [-0.39, 0.29) is 0 Å². The number of nitrogens with zero attached hydrogens (tertiary/aromatic N) is 4. The van der Waals surface area contributed by atoms with Crippen LogP contribution in [0, 0.1) is 0 Å². The van der Waals surface area contributed by atoms with E-state index in [1.807, 2.05) is 12.4 Å². The van der Waals surface area contributed by atoms with Crippen LogP contribution in [0.3, 0.4) is 0 Å². The fraction of sp³-hybridized carbons (Fsp3) is 0.538. The SMILES string of the molecule is Brc1cn2c(CNCCN3CCSCC3)cnc2cn1. The lowest BCUT2D eigenvalue weighted by atomic mass is 10.4. The molecule has 2 aromatic heterocycles. The quantitative estimate of drug-likeness (QED) is 0.826. The van der Waals surface area contributed by atoms with E-state index in [0.29, 0.717) is 0 Å². The molecule has 1 aliphatic rings. The van der Waals surface area contributed by atoms with E-state index in [9.17, 15) is 0 Å². The second kappa shape index (κ2) is 6.89. The Balaban J connectivity index is 1.50.